The molecule has 0 unspecified atom stereocenters. The summed E-state index contributed by atoms with van der Waals surface area (Å²) in [5.74, 6) is -1.31. The second-order valence-electron chi connectivity index (χ2n) is 4.72. The zero-order valence-corrected chi connectivity index (χ0v) is 8.89. The smallest absolute Gasteiger partial charge is 0.321 e. The summed E-state index contributed by atoms with van der Waals surface area (Å²) in [6, 6.07) is 0. The van der Waals surface area contributed by atoms with Crippen molar-refractivity contribution < 1.29 is 14.7 Å². The van der Waals surface area contributed by atoms with E-state index in [4.69, 9.17) is 5.11 Å². The van der Waals surface area contributed by atoms with Gasteiger partial charge in [-0.15, -0.1) is 0 Å². The number of carboxylic acids is 1. The highest BCUT2D eigenvalue weighted by molar-refractivity contribution is 6.06. The van der Waals surface area contributed by atoms with Gasteiger partial charge in [0.2, 0.25) is 0 Å². The van der Waals surface area contributed by atoms with E-state index in [-0.39, 0.29) is 11.2 Å². The molecule has 0 radical (unpaired) electrons. The minimum absolute atomic E-state index is 0.227. The van der Waals surface area contributed by atoms with Gasteiger partial charge in [0.15, 0.2) is 5.78 Å². The Morgan fingerprint density at radius 1 is 1.43 bits per heavy atom. The van der Waals surface area contributed by atoms with E-state index in [9.17, 15) is 9.59 Å². The molecular formula is C11H16O3. The summed E-state index contributed by atoms with van der Waals surface area (Å²) in [7, 11) is 0. The monoisotopic (exact) mass is 196 g/mol. The fourth-order valence-corrected chi connectivity index (χ4v) is 1.92. The lowest BCUT2D eigenvalue weighted by Crippen LogP contribution is -2.46. The van der Waals surface area contributed by atoms with Crippen molar-refractivity contribution in [1.29, 1.82) is 0 Å². The number of hydrogen-bond donors (Lipinski definition) is 1. The predicted octanol–water partition coefficient (Wildman–Crippen LogP) is 2.02. The normalized spacial score (nSPS) is 31.6. The minimum atomic E-state index is -1.39. The van der Waals surface area contributed by atoms with Crippen LogP contribution in [0.25, 0.3) is 0 Å². The second-order valence-corrected chi connectivity index (χ2v) is 4.72. The largest absolute Gasteiger partial charge is 0.480 e. The average molecular weight is 196 g/mol. The molecule has 0 aromatic heterocycles. The maximum atomic E-state index is 11.6. The summed E-state index contributed by atoms with van der Waals surface area (Å²) in [5.41, 5.74) is -1.13. The Morgan fingerprint density at radius 2 is 1.93 bits per heavy atom. The number of ketones is 1. The lowest BCUT2D eigenvalue weighted by atomic mass is 9.60. The highest BCUT2D eigenvalue weighted by Crippen LogP contribution is 2.47. The highest BCUT2D eigenvalue weighted by Gasteiger charge is 2.51. The summed E-state index contributed by atoms with van der Waals surface area (Å²) in [4.78, 5) is 22.7. The van der Waals surface area contributed by atoms with Gasteiger partial charge in [0, 0.05) is 6.42 Å². The molecule has 0 heterocycles. The molecule has 3 heteroatoms. The van der Waals surface area contributed by atoms with Crippen molar-refractivity contribution >= 4 is 11.8 Å². The van der Waals surface area contributed by atoms with E-state index in [2.05, 4.69) is 6.58 Å². The van der Waals surface area contributed by atoms with Gasteiger partial charge in [0.25, 0.3) is 0 Å². The lowest BCUT2D eigenvalue weighted by Gasteiger charge is -2.41. The van der Waals surface area contributed by atoms with Gasteiger partial charge in [-0.3, -0.25) is 9.59 Å². The molecule has 1 aliphatic rings. The van der Waals surface area contributed by atoms with E-state index in [1.54, 1.807) is 0 Å². The van der Waals surface area contributed by atoms with Crippen LogP contribution in [0.1, 0.15) is 33.6 Å². The maximum absolute atomic E-state index is 11.6. The van der Waals surface area contributed by atoms with Crippen LogP contribution in [-0.4, -0.2) is 16.9 Å². The Balaban J connectivity index is 3.20. The van der Waals surface area contributed by atoms with E-state index in [0.717, 1.165) is 0 Å². The zero-order chi connectivity index (χ0) is 11.1. The molecule has 0 amide bonds. The van der Waals surface area contributed by atoms with E-state index in [1.165, 1.54) is 6.92 Å². The molecule has 0 saturated heterocycles. The third kappa shape index (κ3) is 1.27. The number of hydrogen-bond acceptors (Lipinski definition) is 2. The van der Waals surface area contributed by atoms with E-state index in [0.29, 0.717) is 18.4 Å². The lowest BCUT2D eigenvalue weighted by molar-refractivity contribution is -0.153. The molecule has 1 N–H and O–H groups in total. The quantitative estimate of drug-likeness (QED) is 0.515. The van der Waals surface area contributed by atoms with Crippen LogP contribution < -0.4 is 0 Å². The first-order valence-electron chi connectivity index (χ1n) is 4.69. The zero-order valence-electron chi connectivity index (χ0n) is 8.89. The first kappa shape index (κ1) is 11.0. The van der Waals surface area contributed by atoms with Crippen LogP contribution in [0.4, 0.5) is 0 Å². The summed E-state index contributed by atoms with van der Waals surface area (Å²) in [6.07, 6.45) is 1.02. The van der Waals surface area contributed by atoms with Gasteiger partial charge >= 0.3 is 5.97 Å². The maximum Gasteiger partial charge on any atom is 0.321 e. The van der Waals surface area contributed by atoms with Crippen LogP contribution in [0.15, 0.2) is 12.2 Å². The molecule has 0 aliphatic heterocycles. The Labute approximate surface area is 83.8 Å². The first-order chi connectivity index (χ1) is 6.23. The SMILES string of the molecule is C=C1C(C)(C)CCC(=O)[C@]1(C)C(=O)O. The molecular weight excluding hydrogens is 180 g/mol. The van der Waals surface area contributed by atoms with Crippen molar-refractivity contribution in [3.05, 3.63) is 12.2 Å². The molecule has 3 nitrogen and oxygen atoms in total. The molecule has 1 rings (SSSR count). The van der Waals surface area contributed by atoms with Crippen molar-refractivity contribution in [2.75, 3.05) is 0 Å². The topological polar surface area (TPSA) is 54.4 Å². The van der Waals surface area contributed by atoms with Crippen LogP contribution in [0, 0.1) is 10.8 Å². The summed E-state index contributed by atoms with van der Waals surface area (Å²) < 4.78 is 0. The van der Waals surface area contributed by atoms with E-state index < -0.39 is 11.4 Å². The third-order valence-corrected chi connectivity index (χ3v) is 3.38. The van der Waals surface area contributed by atoms with Crippen LogP contribution in [-0.2, 0) is 9.59 Å². The Bertz CT molecular complexity index is 314. The molecule has 0 aromatic rings. The number of Topliss-reactive ketones (excluding diaryl/α,β-unsaturated/α-hetero) is 1. The number of carboxylic acid groups (broad SMARTS) is 1. The highest BCUT2D eigenvalue weighted by atomic mass is 16.4. The summed E-state index contributed by atoms with van der Waals surface area (Å²) in [6.45, 7) is 9.12. The number of rotatable bonds is 1. The standard InChI is InChI=1S/C11H16O3/c1-7-10(2,3)6-5-8(12)11(7,4)9(13)14/h1,5-6H2,2-4H3,(H,13,14)/t11-/m1/s1. The van der Waals surface area contributed by atoms with E-state index in [1.807, 2.05) is 13.8 Å². The van der Waals surface area contributed by atoms with Crippen molar-refractivity contribution in [2.45, 2.75) is 33.6 Å². The third-order valence-electron chi connectivity index (χ3n) is 3.38. The van der Waals surface area contributed by atoms with Gasteiger partial charge in [-0.2, -0.15) is 0 Å². The molecule has 1 fully saturated rings. The first-order valence-corrected chi connectivity index (χ1v) is 4.69. The molecule has 0 bridgehead atoms. The van der Waals surface area contributed by atoms with Gasteiger partial charge < -0.3 is 5.11 Å². The summed E-state index contributed by atoms with van der Waals surface area (Å²) >= 11 is 0. The van der Waals surface area contributed by atoms with Crippen LogP contribution in [0.2, 0.25) is 0 Å². The average Bonchev–Trinajstić information content (AvgIpc) is 2.09. The van der Waals surface area contributed by atoms with Crippen molar-refractivity contribution in [1.82, 2.24) is 0 Å². The molecule has 0 aromatic carbocycles. The number of carbonyl (C=O) groups is 2. The van der Waals surface area contributed by atoms with Crippen LogP contribution in [0.5, 0.6) is 0 Å². The Kier molecular flexibility index (Phi) is 2.30. The van der Waals surface area contributed by atoms with Gasteiger partial charge in [-0.25, -0.2) is 0 Å². The molecule has 14 heavy (non-hydrogen) atoms. The minimum Gasteiger partial charge on any atom is -0.480 e. The van der Waals surface area contributed by atoms with Gasteiger partial charge in [0.1, 0.15) is 5.41 Å². The van der Waals surface area contributed by atoms with Crippen molar-refractivity contribution in [3.63, 3.8) is 0 Å². The van der Waals surface area contributed by atoms with Crippen LogP contribution >= 0.6 is 0 Å². The Morgan fingerprint density at radius 3 is 2.29 bits per heavy atom. The van der Waals surface area contributed by atoms with E-state index >= 15 is 0 Å². The van der Waals surface area contributed by atoms with Gasteiger partial charge in [0.05, 0.1) is 0 Å². The fraction of sp³-hybridized carbons (Fsp3) is 0.636. The number of carbonyl (C=O) groups excluding carboxylic acids is 1. The summed E-state index contributed by atoms with van der Waals surface area (Å²) in [5, 5.41) is 9.09. The second kappa shape index (κ2) is 2.94. The van der Waals surface area contributed by atoms with Crippen LogP contribution in [0.3, 0.4) is 0 Å². The molecule has 0 spiro atoms. The predicted molar refractivity (Wildman–Crippen MR) is 52.9 cm³/mol. The van der Waals surface area contributed by atoms with Crippen molar-refractivity contribution in [2.24, 2.45) is 10.8 Å². The van der Waals surface area contributed by atoms with Crippen molar-refractivity contribution in [3.8, 4) is 0 Å². The molecule has 1 atom stereocenters. The van der Waals surface area contributed by atoms with Gasteiger partial charge in [-0.1, -0.05) is 20.4 Å². The molecule has 1 saturated carbocycles. The number of aliphatic carboxylic acids is 1. The molecule has 78 valence electrons. The molecule has 1 aliphatic carbocycles. The van der Waals surface area contributed by atoms with Gasteiger partial charge in [-0.05, 0) is 24.3 Å². The Hall–Kier alpha value is -1.12. The fourth-order valence-electron chi connectivity index (χ4n) is 1.92.